The van der Waals surface area contributed by atoms with E-state index in [1.54, 1.807) is 11.0 Å². The molecule has 1 aliphatic rings. The summed E-state index contributed by atoms with van der Waals surface area (Å²) in [4.78, 5) is 13.3. The molecule has 1 heterocycles. The average molecular weight is 260 g/mol. The van der Waals surface area contributed by atoms with E-state index >= 15 is 0 Å². The molecule has 1 aromatic carbocycles. The average Bonchev–Trinajstić information content (AvgIpc) is 2.63. The Morgan fingerprint density at radius 1 is 1.50 bits per heavy atom. The Morgan fingerprint density at radius 2 is 2.25 bits per heavy atom. The van der Waals surface area contributed by atoms with Crippen molar-refractivity contribution in [3.05, 3.63) is 23.2 Å². The van der Waals surface area contributed by atoms with Crippen molar-refractivity contribution in [2.45, 2.75) is 6.42 Å². The topological polar surface area (TPSA) is 40.5 Å². The second-order valence-corrected chi connectivity index (χ2v) is 4.58. The fourth-order valence-electron chi connectivity index (χ4n) is 1.83. The summed E-state index contributed by atoms with van der Waals surface area (Å²) < 4.78 is 0. The van der Waals surface area contributed by atoms with Crippen molar-refractivity contribution in [1.82, 2.24) is 0 Å². The normalized spacial score (nSPS) is 20.5. The fraction of sp³-hybridized carbons (Fsp3) is 0.364. The molecular formula is C11H11Cl2NO2. The number of halogens is 2. The van der Waals surface area contributed by atoms with Crippen LogP contribution in [0.2, 0.25) is 5.02 Å². The lowest BCUT2D eigenvalue weighted by atomic mass is 10.1. The van der Waals surface area contributed by atoms with Crippen LogP contribution in [0.3, 0.4) is 0 Å². The highest BCUT2D eigenvalue weighted by atomic mass is 35.5. The first kappa shape index (κ1) is 11.6. The second-order valence-electron chi connectivity index (χ2n) is 3.86. The molecule has 1 N–H and O–H groups in total. The third-order valence-corrected chi connectivity index (χ3v) is 3.40. The van der Waals surface area contributed by atoms with Crippen molar-refractivity contribution in [2.75, 3.05) is 17.3 Å². The fourth-order valence-corrected chi connectivity index (χ4v) is 2.25. The van der Waals surface area contributed by atoms with Crippen molar-refractivity contribution in [2.24, 2.45) is 5.92 Å². The predicted molar refractivity (Wildman–Crippen MR) is 64.3 cm³/mol. The van der Waals surface area contributed by atoms with E-state index in [9.17, 15) is 9.90 Å². The number of hydrogen-bond donors (Lipinski definition) is 1. The number of phenols is 1. The number of anilines is 1. The minimum atomic E-state index is -0.00171. The Balaban J connectivity index is 2.30. The van der Waals surface area contributed by atoms with E-state index in [0.29, 0.717) is 29.6 Å². The number of benzene rings is 1. The Hall–Kier alpha value is -0.930. The van der Waals surface area contributed by atoms with Crippen LogP contribution >= 0.6 is 23.2 Å². The number of hydrogen-bond acceptors (Lipinski definition) is 2. The maximum absolute atomic E-state index is 11.7. The molecule has 1 unspecified atom stereocenters. The van der Waals surface area contributed by atoms with E-state index in [1.165, 1.54) is 12.1 Å². The molecule has 1 aromatic rings. The zero-order valence-corrected chi connectivity index (χ0v) is 10.0. The molecule has 1 aliphatic heterocycles. The highest BCUT2D eigenvalue weighted by molar-refractivity contribution is 6.34. The first-order chi connectivity index (χ1) is 7.61. The van der Waals surface area contributed by atoms with Gasteiger partial charge in [0.25, 0.3) is 0 Å². The van der Waals surface area contributed by atoms with Crippen LogP contribution in [0.25, 0.3) is 0 Å². The minimum absolute atomic E-state index is 0.00171. The van der Waals surface area contributed by atoms with Crippen LogP contribution in [0.5, 0.6) is 5.75 Å². The van der Waals surface area contributed by atoms with Gasteiger partial charge in [0.1, 0.15) is 5.75 Å². The molecule has 0 bridgehead atoms. The van der Waals surface area contributed by atoms with Crippen LogP contribution in [-0.2, 0) is 4.79 Å². The van der Waals surface area contributed by atoms with Crippen molar-refractivity contribution < 1.29 is 9.90 Å². The number of phenolic OH excluding ortho intramolecular Hbond substituents is 1. The summed E-state index contributed by atoms with van der Waals surface area (Å²) >= 11 is 11.7. The van der Waals surface area contributed by atoms with Gasteiger partial charge in [-0.2, -0.15) is 0 Å². The molecule has 0 aromatic heterocycles. The Bertz CT molecular complexity index is 422. The summed E-state index contributed by atoms with van der Waals surface area (Å²) in [6.45, 7) is 0.561. The Kier molecular flexibility index (Phi) is 3.26. The van der Waals surface area contributed by atoms with E-state index in [-0.39, 0.29) is 17.6 Å². The van der Waals surface area contributed by atoms with Gasteiger partial charge in [0.2, 0.25) is 5.91 Å². The molecule has 1 fully saturated rings. The van der Waals surface area contributed by atoms with Gasteiger partial charge in [-0.1, -0.05) is 11.6 Å². The smallest absolute Gasteiger partial charge is 0.227 e. The third kappa shape index (κ3) is 2.11. The second kappa shape index (κ2) is 4.52. The van der Waals surface area contributed by atoms with Gasteiger partial charge in [0.15, 0.2) is 0 Å². The molecule has 1 saturated heterocycles. The summed E-state index contributed by atoms with van der Waals surface area (Å²) in [5.74, 6) is 0.714. The summed E-state index contributed by atoms with van der Waals surface area (Å²) in [7, 11) is 0. The molecule has 1 atom stereocenters. The molecule has 0 aliphatic carbocycles. The Labute approximate surface area is 104 Å². The number of aromatic hydroxyl groups is 1. The molecule has 5 heteroatoms. The van der Waals surface area contributed by atoms with Crippen LogP contribution in [0.1, 0.15) is 6.42 Å². The molecule has 3 nitrogen and oxygen atoms in total. The van der Waals surface area contributed by atoms with Crippen LogP contribution in [0, 0.1) is 5.92 Å². The van der Waals surface area contributed by atoms with Gasteiger partial charge in [0, 0.05) is 24.9 Å². The van der Waals surface area contributed by atoms with Crippen LogP contribution in [0.4, 0.5) is 5.69 Å². The van der Waals surface area contributed by atoms with E-state index in [1.807, 2.05) is 0 Å². The zero-order chi connectivity index (χ0) is 11.7. The maximum atomic E-state index is 11.7. The number of rotatable bonds is 2. The van der Waals surface area contributed by atoms with Gasteiger partial charge in [-0.3, -0.25) is 4.79 Å². The molecule has 0 radical (unpaired) electrons. The summed E-state index contributed by atoms with van der Waals surface area (Å²) in [6.07, 6.45) is 0.440. The maximum Gasteiger partial charge on any atom is 0.227 e. The lowest BCUT2D eigenvalue weighted by molar-refractivity contribution is -0.117. The highest BCUT2D eigenvalue weighted by Crippen LogP contribution is 2.33. The van der Waals surface area contributed by atoms with Gasteiger partial charge >= 0.3 is 0 Å². The van der Waals surface area contributed by atoms with Gasteiger partial charge in [0.05, 0.1) is 10.7 Å². The summed E-state index contributed by atoms with van der Waals surface area (Å²) in [5.41, 5.74) is 0.555. The third-order valence-electron chi connectivity index (χ3n) is 2.64. The van der Waals surface area contributed by atoms with Gasteiger partial charge in [-0.05, 0) is 18.1 Å². The van der Waals surface area contributed by atoms with E-state index < -0.39 is 0 Å². The lowest BCUT2D eigenvalue weighted by Crippen LogP contribution is -2.24. The molecular weight excluding hydrogens is 249 g/mol. The lowest BCUT2D eigenvalue weighted by Gasteiger charge is -2.18. The largest absolute Gasteiger partial charge is 0.508 e. The Morgan fingerprint density at radius 3 is 2.88 bits per heavy atom. The first-order valence-electron chi connectivity index (χ1n) is 4.96. The number of nitrogens with zero attached hydrogens (tertiary/aromatic N) is 1. The highest BCUT2D eigenvalue weighted by Gasteiger charge is 2.31. The van der Waals surface area contributed by atoms with Gasteiger partial charge < -0.3 is 10.0 Å². The molecule has 0 spiro atoms. The SMILES string of the molecule is O=C1CC(CCl)CN1c1cc(O)ccc1Cl. The molecule has 0 saturated carbocycles. The molecule has 86 valence electrons. The number of amides is 1. The van der Waals surface area contributed by atoms with Crippen LogP contribution in [-0.4, -0.2) is 23.4 Å². The zero-order valence-electron chi connectivity index (χ0n) is 8.49. The van der Waals surface area contributed by atoms with Crippen molar-refractivity contribution in [1.29, 1.82) is 0 Å². The van der Waals surface area contributed by atoms with Crippen LogP contribution in [0.15, 0.2) is 18.2 Å². The summed E-state index contributed by atoms with van der Waals surface area (Å²) in [5, 5.41) is 9.84. The number of alkyl halides is 1. The van der Waals surface area contributed by atoms with Gasteiger partial charge in [-0.15, -0.1) is 11.6 Å². The quantitative estimate of drug-likeness (QED) is 0.830. The van der Waals surface area contributed by atoms with E-state index in [2.05, 4.69) is 0 Å². The van der Waals surface area contributed by atoms with Crippen LogP contribution < -0.4 is 4.90 Å². The number of carbonyl (C=O) groups excluding carboxylic acids is 1. The van der Waals surface area contributed by atoms with Crippen molar-refractivity contribution >= 4 is 34.8 Å². The standard InChI is InChI=1S/C11H11Cl2NO2/c12-5-7-3-11(16)14(6-7)10-4-8(15)1-2-9(10)13/h1-2,4,7,15H,3,5-6H2. The van der Waals surface area contributed by atoms with E-state index in [0.717, 1.165) is 0 Å². The monoisotopic (exact) mass is 259 g/mol. The first-order valence-corrected chi connectivity index (χ1v) is 5.88. The number of carbonyl (C=O) groups is 1. The molecule has 2 rings (SSSR count). The summed E-state index contributed by atoms with van der Waals surface area (Å²) in [6, 6.07) is 4.57. The van der Waals surface area contributed by atoms with Gasteiger partial charge in [-0.25, -0.2) is 0 Å². The molecule has 1 amide bonds. The van der Waals surface area contributed by atoms with Crippen molar-refractivity contribution in [3.63, 3.8) is 0 Å². The van der Waals surface area contributed by atoms with E-state index in [4.69, 9.17) is 23.2 Å². The predicted octanol–water partition coefficient (Wildman–Crippen LogP) is 2.64. The minimum Gasteiger partial charge on any atom is -0.508 e. The van der Waals surface area contributed by atoms with Crippen molar-refractivity contribution in [3.8, 4) is 5.75 Å². The molecule has 16 heavy (non-hydrogen) atoms.